The van der Waals surface area contributed by atoms with Gasteiger partial charge in [0, 0.05) is 38.8 Å². The third-order valence-electron chi connectivity index (χ3n) is 5.59. The first-order valence-electron chi connectivity index (χ1n) is 11.3. The molecular weight excluding hydrogens is 542 g/mol. The minimum absolute atomic E-state index is 0.106. The molecule has 1 fully saturated rings. The highest BCUT2D eigenvalue weighted by molar-refractivity contribution is 7.80. The molecule has 1 amide bonds. The molecule has 2 aromatic heterocycles. The summed E-state index contributed by atoms with van der Waals surface area (Å²) in [5, 5.41) is 6.97. The van der Waals surface area contributed by atoms with Crippen LogP contribution in [0.4, 0.5) is 22.5 Å². The summed E-state index contributed by atoms with van der Waals surface area (Å²) in [6.45, 7) is 6.64. The van der Waals surface area contributed by atoms with E-state index in [0.29, 0.717) is 65.1 Å². The number of para-hydroxylation sites is 1. The molecule has 12 nitrogen and oxygen atoms in total. The molecule has 3 N–H and O–H groups in total. The van der Waals surface area contributed by atoms with Crippen molar-refractivity contribution in [2.45, 2.75) is 13.8 Å². The van der Waals surface area contributed by atoms with Crippen molar-refractivity contribution < 1.29 is 21.9 Å². The molecule has 3 aromatic rings. The quantitative estimate of drug-likeness (QED) is 0.327. The molecule has 0 bridgehead atoms. The van der Waals surface area contributed by atoms with Crippen LogP contribution in [0.5, 0.6) is 0 Å². The second kappa shape index (κ2) is 11.7. The van der Waals surface area contributed by atoms with Crippen molar-refractivity contribution in [3.05, 3.63) is 51.7 Å². The lowest BCUT2D eigenvalue weighted by molar-refractivity contribution is 0.103. The van der Waals surface area contributed by atoms with Crippen molar-refractivity contribution in [2.24, 2.45) is 0 Å². The molecule has 15 heteroatoms. The van der Waals surface area contributed by atoms with Crippen LogP contribution in [0.1, 0.15) is 21.1 Å². The second-order valence-corrected chi connectivity index (χ2v) is 10.8. The van der Waals surface area contributed by atoms with Gasteiger partial charge in [0.05, 0.1) is 23.5 Å². The number of thiazole rings is 1. The van der Waals surface area contributed by atoms with E-state index >= 15 is 0 Å². The van der Waals surface area contributed by atoms with Gasteiger partial charge in [0.1, 0.15) is 22.3 Å². The molecule has 1 aromatic carbocycles. The predicted molar refractivity (Wildman–Crippen MR) is 142 cm³/mol. The minimum Gasteiger partial charge on any atom is -0.354 e. The van der Waals surface area contributed by atoms with E-state index < -0.39 is 10.4 Å². The number of halogens is 1. The van der Waals surface area contributed by atoms with Crippen LogP contribution >= 0.6 is 22.9 Å². The lowest BCUT2D eigenvalue weighted by atomic mass is 10.2. The summed E-state index contributed by atoms with van der Waals surface area (Å²) in [5.74, 6) is 1.57. The van der Waals surface area contributed by atoms with Gasteiger partial charge < -0.3 is 15.5 Å². The zero-order chi connectivity index (χ0) is 26.6. The lowest BCUT2D eigenvalue weighted by Gasteiger charge is -2.35. The zero-order valence-corrected chi connectivity index (χ0v) is 22.5. The van der Waals surface area contributed by atoms with Gasteiger partial charge in [-0.2, -0.15) is 8.42 Å². The number of anilines is 4. The number of nitrogens with one attached hydrogen (secondary N) is 2. The monoisotopic (exact) mass is 567 g/mol. The van der Waals surface area contributed by atoms with Crippen LogP contribution in [0.2, 0.25) is 5.02 Å². The summed E-state index contributed by atoms with van der Waals surface area (Å²) in [5.41, 5.74) is 1.43. The molecule has 0 radical (unpaired) electrons. The molecule has 0 spiro atoms. The standard InChI is InChI=1S/C22H26ClN7O5S2/c1-14-4-3-5-16(23)20(14)28-21(31)17-13-24-22(36-17)27-18-12-19(26-15(2)25-18)30-8-6-29(7-9-30)10-11-35-37(32,33)34/h3-5,12-13H,6-11H2,1-2H3,(H,28,31)(H,32,33,34)(H,24,25,26,27). The van der Waals surface area contributed by atoms with Crippen LogP contribution in [-0.2, 0) is 14.6 Å². The normalized spacial score (nSPS) is 14.5. The fourth-order valence-electron chi connectivity index (χ4n) is 3.76. The Bertz CT molecular complexity index is 1360. The average Bonchev–Trinajstić information content (AvgIpc) is 3.29. The van der Waals surface area contributed by atoms with E-state index in [0.717, 1.165) is 11.4 Å². The van der Waals surface area contributed by atoms with E-state index in [1.165, 1.54) is 17.5 Å². The van der Waals surface area contributed by atoms with Crippen molar-refractivity contribution in [3.63, 3.8) is 0 Å². The molecule has 3 heterocycles. The minimum atomic E-state index is -4.43. The van der Waals surface area contributed by atoms with Gasteiger partial charge in [-0.25, -0.2) is 19.1 Å². The second-order valence-electron chi connectivity index (χ2n) is 8.28. The number of aryl methyl sites for hydroxylation is 2. The van der Waals surface area contributed by atoms with Crippen LogP contribution in [0.15, 0.2) is 30.5 Å². The number of carbonyl (C=O) groups excluding carboxylic acids is 1. The molecular formula is C22H26ClN7O5S2. The first-order valence-corrected chi connectivity index (χ1v) is 13.9. The van der Waals surface area contributed by atoms with E-state index in [1.807, 2.05) is 30.0 Å². The fraction of sp³-hybridized carbons (Fsp3) is 0.364. The SMILES string of the molecule is Cc1nc(Nc2ncc(C(=O)Nc3c(C)cccc3Cl)s2)cc(N2CCN(CCOS(=O)(=O)O)CC2)n1. The number of benzene rings is 1. The summed E-state index contributed by atoms with van der Waals surface area (Å²) in [4.78, 5) is 30.6. The van der Waals surface area contributed by atoms with Gasteiger partial charge in [-0.1, -0.05) is 35.1 Å². The molecule has 1 saturated heterocycles. The van der Waals surface area contributed by atoms with Gasteiger partial charge >= 0.3 is 10.4 Å². The highest BCUT2D eigenvalue weighted by Gasteiger charge is 2.20. The van der Waals surface area contributed by atoms with E-state index in [-0.39, 0.29) is 12.5 Å². The lowest BCUT2D eigenvalue weighted by Crippen LogP contribution is -2.47. The van der Waals surface area contributed by atoms with Crippen molar-refractivity contribution >= 4 is 61.7 Å². The van der Waals surface area contributed by atoms with E-state index in [2.05, 4.69) is 34.7 Å². The van der Waals surface area contributed by atoms with E-state index in [4.69, 9.17) is 16.2 Å². The van der Waals surface area contributed by atoms with Crippen LogP contribution in [0, 0.1) is 13.8 Å². The van der Waals surface area contributed by atoms with Crippen molar-refractivity contribution in [1.29, 1.82) is 0 Å². The highest BCUT2D eigenvalue weighted by atomic mass is 35.5. The molecule has 0 aliphatic carbocycles. The number of rotatable bonds is 9. The average molecular weight is 568 g/mol. The molecule has 1 aliphatic heterocycles. The number of nitrogens with zero attached hydrogens (tertiary/aromatic N) is 5. The Balaban J connectivity index is 1.36. The smallest absolute Gasteiger partial charge is 0.354 e. The van der Waals surface area contributed by atoms with Crippen molar-refractivity contribution in [2.75, 3.05) is 54.9 Å². The maximum absolute atomic E-state index is 12.7. The Hall–Kier alpha value is -2.88. The Morgan fingerprint density at radius 2 is 1.97 bits per heavy atom. The first kappa shape index (κ1) is 27.2. The number of hydrogen-bond acceptors (Lipinski definition) is 11. The van der Waals surface area contributed by atoms with Gasteiger partial charge in [0.2, 0.25) is 0 Å². The molecule has 0 atom stereocenters. The van der Waals surface area contributed by atoms with Gasteiger partial charge in [0.25, 0.3) is 5.91 Å². The molecule has 37 heavy (non-hydrogen) atoms. The topological polar surface area (TPSA) is 150 Å². The maximum Gasteiger partial charge on any atom is 0.397 e. The molecule has 1 aliphatic rings. The number of hydrogen-bond donors (Lipinski definition) is 3. The summed E-state index contributed by atoms with van der Waals surface area (Å²) in [6, 6.07) is 7.23. The summed E-state index contributed by atoms with van der Waals surface area (Å²) < 4.78 is 34.5. The number of carbonyl (C=O) groups is 1. The van der Waals surface area contributed by atoms with Gasteiger partial charge in [-0.05, 0) is 25.5 Å². The summed E-state index contributed by atoms with van der Waals surface area (Å²) >= 11 is 7.41. The fourth-order valence-corrected chi connectivity index (χ4v) is 5.03. The van der Waals surface area contributed by atoms with Gasteiger partial charge in [-0.3, -0.25) is 14.2 Å². The maximum atomic E-state index is 12.7. The molecule has 198 valence electrons. The van der Waals surface area contributed by atoms with Crippen LogP contribution in [0.25, 0.3) is 0 Å². The predicted octanol–water partition coefficient (Wildman–Crippen LogP) is 3.14. The van der Waals surface area contributed by atoms with E-state index in [1.54, 1.807) is 13.0 Å². The largest absolute Gasteiger partial charge is 0.397 e. The number of piperazine rings is 1. The van der Waals surface area contributed by atoms with Crippen LogP contribution < -0.4 is 15.5 Å². The number of aromatic nitrogens is 3. The Labute approximate surface area is 223 Å². The van der Waals surface area contributed by atoms with Crippen molar-refractivity contribution in [3.8, 4) is 0 Å². The Morgan fingerprint density at radius 1 is 1.22 bits per heavy atom. The van der Waals surface area contributed by atoms with Gasteiger partial charge in [0.15, 0.2) is 5.13 Å². The third kappa shape index (κ3) is 7.56. The molecule has 4 rings (SSSR count). The van der Waals surface area contributed by atoms with Gasteiger partial charge in [-0.15, -0.1) is 0 Å². The number of amides is 1. The van der Waals surface area contributed by atoms with E-state index in [9.17, 15) is 13.2 Å². The molecule has 0 saturated carbocycles. The summed E-state index contributed by atoms with van der Waals surface area (Å²) in [6.07, 6.45) is 1.49. The first-order chi connectivity index (χ1) is 17.6. The molecule has 0 unspecified atom stereocenters. The Kier molecular flexibility index (Phi) is 8.56. The Morgan fingerprint density at radius 3 is 2.68 bits per heavy atom. The van der Waals surface area contributed by atoms with Crippen LogP contribution in [0.3, 0.4) is 0 Å². The third-order valence-corrected chi connectivity index (χ3v) is 7.28. The highest BCUT2D eigenvalue weighted by Crippen LogP contribution is 2.28. The van der Waals surface area contributed by atoms with Crippen LogP contribution in [-0.4, -0.2) is 78.1 Å². The summed E-state index contributed by atoms with van der Waals surface area (Å²) in [7, 11) is -4.43. The zero-order valence-electron chi connectivity index (χ0n) is 20.1. The van der Waals surface area contributed by atoms with Crippen molar-refractivity contribution in [1.82, 2.24) is 19.9 Å².